The number of fused-ring (bicyclic) bond motifs is 3. The zero-order chi connectivity index (χ0) is 32.7. The van der Waals surface area contributed by atoms with E-state index < -0.39 is 0 Å². The number of nitrogens with zero attached hydrogens (tertiary/aromatic N) is 7. The third kappa shape index (κ3) is 5.77. The summed E-state index contributed by atoms with van der Waals surface area (Å²) in [4.78, 5) is 44.4. The van der Waals surface area contributed by atoms with Crippen LogP contribution in [0.4, 0.5) is 5.82 Å². The van der Waals surface area contributed by atoms with Gasteiger partial charge in [-0.2, -0.15) is 15.2 Å². The zero-order valence-electron chi connectivity index (χ0n) is 26.2. The Morgan fingerprint density at radius 3 is 2.66 bits per heavy atom. The van der Waals surface area contributed by atoms with Crippen LogP contribution >= 0.6 is 11.6 Å². The molecule has 3 aliphatic heterocycles. The van der Waals surface area contributed by atoms with Crippen molar-refractivity contribution in [2.24, 2.45) is 0 Å². The van der Waals surface area contributed by atoms with E-state index in [0.717, 1.165) is 47.2 Å². The predicted molar refractivity (Wildman–Crippen MR) is 179 cm³/mol. The highest BCUT2D eigenvalue weighted by atomic mass is 35.5. The Labute approximate surface area is 278 Å². The molecular weight excluding hydrogens is 614 g/mol. The molecule has 4 aromatic rings. The number of rotatable bonds is 6. The summed E-state index contributed by atoms with van der Waals surface area (Å²) in [6.45, 7) is 7.27. The van der Waals surface area contributed by atoms with Crippen molar-refractivity contribution in [2.75, 3.05) is 38.1 Å². The fourth-order valence-electron chi connectivity index (χ4n) is 6.95. The number of likely N-dealkylation sites (N-methyl/N-ethyl adjacent to an activating group) is 1. The smallest absolute Gasteiger partial charge is 0.324 e. The van der Waals surface area contributed by atoms with Gasteiger partial charge in [-0.1, -0.05) is 54.6 Å². The number of ether oxygens (including phenoxy) is 1. The minimum Gasteiger partial charge on any atom is -0.424 e. The Balaban J connectivity index is 1.26. The lowest BCUT2D eigenvalue weighted by Gasteiger charge is -2.41. The van der Waals surface area contributed by atoms with E-state index in [-0.39, 0.29) is 36.8 Å². The minimum absolute atomic E-state index is 0.153. The van der Waals surface area contributed by atoms with Gasteiger partial charge in [0.1, 0.15) is 11.6 Å². The Kier molecular flexibility index (Phi) is 8.26. The number of carbonyl (C=O) groups excluding carboxylic acids is 2. The zero-order valence-corrected chi connectivity index (χ0v) is 26.9. The number of anilines is 1. The standard InChI is InChI=1S/C36H34ClN7O3/c1-3-32(45)44-18-17-42(20-25(44)13-15-38)34-28-21-43(35(46)27-10-4-7-23-8-5-11-29(37)33(23)27)22-30(28)39-36(40-34)47-31-12-6-9-24-19-41(2)16-14-26(24)31/h3-12,25H,1,13-14,16-22H2,2H3/t25-/m0/s1. The maximum absolute atomic E-state index is 14.1. The van der Waals surface area contributed by atoms with Gasteiger partial charge >= 0.3 is 6.01 Å². The number of hydrogen-bond acceptors (Lipinski definition) is 8. The Hall–Kier alpha value is -4.98. The highest BCUT2D eigenvalue weighted by molar-refractivity contribution is 6.36. The van der Waals surface area contributed by atoms with Crippen molar-refractivity contribution in [3.63, 3.8) is 0 Å². The first-order chi connectivity index (χ1) is 22.8. The molecule has 0 bridgehead atoms. The molecule has 10 nitrogen and oxygen atoms in total. The third-order valence-electron chi connectivity index (χ3n) is 9.29. The molecule has 4 heterocycles. The normalized spacial score (nSPS) is 17.6. The van der Waals surface area contributed by atoms with Crippen LogP contribution in [0.2, 0.25) is 5.02 Å². The van der Waals surface area contributed by atoms with Crippen LogP contribution in [0.1, 0.15) is 39.2 Å². The van der Waals surface area contributed by atoms with Gasteiger partial charge < -0.3 is 24.3 Å². The molecule has 0 radical (unpaired) electrons. The average molecular weight is 648 g/mol. The molecule has 7 rings (SSSR count). The molecule has 1 atom stereocenters. The summed E-state index contributed by atoms with van der Waals surface area (Å²) in [5.74, 6) is 1.02. The first kappa shape index (κ1) is 30.7. The second kappa shape index (κ2) is 12.7. The van der Waals surface area contributed by atoms with Crippen LogP contribution in [0.5, 0.6) is 11.8 Å². The predicted octanol–water partition coefficient (Wildman–Crippen LogP) is 5.34. The highest BCUT2D eigenvalue weighted by Crippen LogP contribution is 2.37. The second-order valence-electron chi connectivity index (χ2n) is 12.2. The minimum atomic E-state index is -0.343. The molecule has 0 unspecified atom stereocenters. The lowest BCUT2D eigenvalue weighted by molar-refractivity contribution is -0.128. The van der Waals surface area contributed by atoms with Crippen LogP contribution in [0.3, 0.4) is 0 Å². The van der Waals surface area contributed by atoms with Crippen LogP contribution in [0.15, 0.2) is 67.3 Å². The lowest BCUT2D eigenvalue weighted by atomic mass is 9.99. The van der Waals surface area contributed by atoms with Crippen LogP contribution in [-0.2, 0) is 30.8 Å². The topological polar surface area (TPSA) is 106 Å². The average Bonchev–Trinajstić information content (AvgIpc) is 3.51. The van der Waals surface area contributed by atoms with E-state index in [1.54, 1.807) is 21.9 Å². The van der Waals surface area contributed by atoms with Gasteiger partial charge in [0.15, 0.2) is 0 Å². The number of aromatic nitrogens is 2. The van der Waals surface area contributed by atoms with Gasteiger partial charge in [0.2, 0.25) is 5.91 Å². The van der Waals surface area contributed by atoms with E-state index >= 15 is 0 Å². The number of carbonyl (C=O) groups is 2. The van der Waals surface area contributed by atoms with Crippen LogP contribution < -0.4 is 9.64 Å². The molecule has 3 aromatic carbocycles. The van der Waals surface area contributed by atoms with Gasteiger partial charge in [0.25, 0.3) is 5.91 Å². The Morgan fingerprint density at radius 1 is 1.04 bits per heavy atom. The maximum Gasteiger partial charge on any atom is 0.324 e. The molecule has 47 heavy (non-hydrogen) atoms. The molecule has 1 aromatic heterocycles. The summed E-state index contributed by atoms with van der Waals surface area (Å²) in [5.41, 5.74) is 4.42. The monoisotopic (exact) mass is 647 g/mol. The van der Waals surface area contributed by atoms with Crippen molar-refractivity contribution in [1.82, 2.24) is 24.7 Å². The molecule has 238 valence electrons. The van der Waals surface area contributed by atoms with Crippen molar-refractivity contribution in [3.05, 3.63) is 100 Å². The van der Waals surface area contributed by atoms with Gasteiger partial charge in [0.05, 0.1) is 37.3 Å². The summed E-state index contributed by atoms with van der Waals surface area (Å²) in [6.07, 6.45) is 2.31. The van der Waals surface area contributed by atoms with Crippen LogP contribution in [-0.4, -0.2) is 75.8 Å². The molecule has 0 saturated carbocycles. The number of nitriles is 1. The van der Waals surface area contributed by atoms with E-state index in [1.807, 2.05) is 36.4 Å². The number of halogens is 1. The molecule has 1 fully saturated rings. The molecule has 0 aliphatic carbocycles. The molecular formula is C36H34ClN7O3. The highest BCUT2D eigenvalue weighted by Gasteiger charge is 2.36. The van der Waals surface area contributed by atoms with Gasteiger partial charge in [0, 0.05) is 59.8 Å². The van der Waals surface area contributed by atoms with Crippen molar-refractivity contribution in [1.29, 1.82) is 5.26 Å². The number of piperazine rings is 1. The van der Waals surface area contributed by atoms with Crippen LogP contribution in [0, 0.1) is 11.3 Å². The van der Waals surface area contributed by atoms with E-state index in [4.69, 9.17) is 26.3 Å². The van der Waals surface area contributed by atoms with E-state index in [9.17, 15) is 14.9 Å². The molecule has 2 amide bonds. The van der Waals surface area contributed by atoms with E-state index in [0.29, 0.717) is 48.3 Å². The summed E-state index contributed by atoms with van der Waals surface area (Å²) in [5, 5.41) is 11.7. The van der Waals surface area contributed by atoms with Gasteiger partial charge in [-0.25, -0.2) is 0 Å². The first-order valence-corrected chi connectivity index (χ1v) is 16.1. The fraction of sp³-hybridized carbons (Fsp3) is 0.306. The van der Waals surface area contributed by atoms with Gasteiger partial charge in [-0.3, -0.25) is 9.59 Å². The molecule has 0 N–H and O–H groups in total. The van der Waals surface area contributed by atoms with Crippen molar-refractivity contribution < 1.29 is 14.3 Å². The molecule has 3 aliphatic rings. The maximum atomic E-state index is 14.1. The van der Waals surface area contributed by atoms with E-state index in [2.05, 4.69) is 35.6 Å². The second-order valence-corrected chi connectivity index (χ2v) is 12.6. The first-order valence-electron chi connectivity index (χ1n) is 15.7. The number of amides is 2. The quantitative estimate of drug-likeness (QED) is 0.259. The fourth-order valence-corrected chi connectivity index (χ4v) is 7.24. The molecule has 0 spiro atoms. The molecule has 1 saturated heterocycles. The Bertz CT molecular complexity index is 1950. The number of hydrogen-bond donors (Lipinski definition) is 0. The number of benzene rings is 3. The van der Waals surface area contributed by atoms with Crippen LogP contribution in [0.25, 0.3) is 10.8 Å². The third-order valence-corrected chi connectivity index (χ3v) is 9.61. The van der Waals surface area contributed by atoms with Crippen molar-refractivity contribution in [3.8, 4) is 17.8 Å². The molecule has 11 heteroatoms. The van der Waals surface area contributed by atoms with Crippen molar-refractivity contribution >= 4 is 40.0 Å². The summed E-state index contributed by atoms with van der Waals surface area (Å²) in [6, 6.07) is 19.4. The largest absolute Gasteiger partial charge is 0.424 e. The van der Waals surface area contributed by atoms with Gasteiger partial charge in [-0.15, -0.1) is 0 Å². The summed E-state index contributed by atoms with van der Waals surface area (Å²) >= 11 is 6.59. The van der Waals surface area contributed by atoms with Crippen molar-refractivity contribution in [2.45, 2.75) is 38.5 Å². The SMILES string of the molecule is C=CC(=O)N1CCN(c2nc(Oc3cccc4c3CCN(C)C4)nc3c2CN(C(=O)c2cccc4cccc(Cl)c24)C3)C[C@@H]1CC#N. The lowest BCUT2D eigenvalue weighted by Crippen LogP contribution is -2.55. The summed E-state index contributed by atoms with van der Waals surface area (Å²) < 4.78 is 6.46. The summed E-state index contributed by atoms with van der Waals surface area (Å²) in [7, 11) is 2.10. The van der Waals surface area contributed by atoms with Gasteiger partial charge in [-0.05, 0) is 48.7 Å². The van der Waals surface area contributed by atoms with E-state index in [1.165, 1.54) is 11.6 Å². The Morgan fingerprint density at radius 2 is 1.85 bits per heavy atom.